The highest BCUT2D eigenvalue weighted by molar-refractivity contribution is 5.04. The molecule has 1 rings (SSSR count). The minimum atomic E-state index is -0.709. The number of aliphatic hydroxyl groups is 1. The molecule has 0 spiro atoms. The van der Waals surface area contributed by atoms with Gasteiger partial charge in [0.15, 0.2) is 0 Å². The molecule has 0 fully saturated rings. The fraction of sp³-hybridized carbons (Fsp3) is 0.556. The second-order valence-corrected chi connectivity index (χ2v) is 2.89. The molecule has 1 heterocycles. The minimum Gasteiger partial charge on any atom is -0.386 e. The summed E-state index contributed by atoms with van der Waals surface area (Å²) in [5.74, 6) is 0. The fourth-order valence-electron chi connectivity index (χ4n) is 1.23. The Kier molecular flexibility index (Phi) is 3.47. The summed E-state index contributed by atoms with van der Waals surface area (Å²) in [6.07, 6.45) is 3.69. The predicted octanol–water partition coefficient (Wildman–Crippen LogP) is 1.24. The molecule has 1 N–H and O–H groups in total. The average molecular weight is 179 g/mol. The molecular formula is C9H13N3O. The van der Waals surface area contributed by atoms with Crippen LogP contribution in [0.2, 0.25) is 0 Å². The van der Waals surface area contributed by atoms with Crippen LogP contribution >= 0.6 is 0 Å². The van der Waals surface area contributed by atoms with Gasteiger partial charge in [0.05, 0.1) is 30.7 Å². The van der Waals surface area contributed by atoms with Gasteiger partial charge in [0.1, 0.15) is 6.10 Å². The summed E-state index contributed by atoms with van der Waals surface area (Å²) in [5, 5.41) is 18.0. The van der Waals surface area contributed by atoms with E-state index in [-0.39, 0.29) is 6.42 Å². The van der Waals surface area contributed by atoms with E-state index in [9.17, 15) is 5.11 Å². The van der Waals surface area contributed by atoms with E-state index in [1.165, 1.54) is 0 Å². The summed E-state index contributed by atoms with van der Waals surface area (Å²) in [6, 6.07) is 1.93. The number of hydrogen-bond donors (Lipinski definition) is 1. The maximum absolute atomic E-state index is 9.53. The minimum absolute atomic E-state index is 0.120. The highest BCUT2D eigenvalue weighted by atomic mass is 16.3. The zero-order valence-corrected chi connectivity index (χ0v) is 7.64. The number of aromatic nitrogens is 2. The molecule has 4 heteroatoms. The van der Waals surface area contributed by atoms with Crippen molar-refractivity contribution < 1.29 is 5.11 Å². The van der Waals surface area contributed by atoms with E-state index in [1.807, 2.05) is 10.6 Å². The van der Waals surface area contributed by atoms with Crippen LogP contribution in [0.5, 0.6) is 0 Å². The SMILES string of the molecule is CCCn1cncc1C(O)CC#N. The largest absolute Gasteiger partial charge is 0.386 e. The van der Waals surface area contributed by atoms with Gasteiger partial charge in [0.25, 0.3) is 0 Å². The lowest BCUT2D eigenvalue weighted by atomic mass is 10.2. The van der Waals surface area contributed by atoms with Crippen molar-refractivity contribution in [3.05, 3.63) is 18.2 Å². The monoisotopic (exact) mass is 179 g/mol. The number of nitrogens with zero attached hydrogens (tertiary/aromatic N) is 3. The number of aryl methyl sites for hydroxylation is 1. The average Bonchev–Trinajstić information content (AvgIpc) is 2.54. The molecule has 0 aromatic carbocycles. The van der Waals surface area contributed by atoms with Crippen molar-refractivity contribution in [2.45, 2.75) is 32.4 Å². The van der Waals surface area contributed by atoms with Gasteiger partial charge in [0, 0.05) is 6.54 Å². The first kappa shape index (κ1) is 9.75. The van der Waals surface area contributed by atoms with Gasteiger partial charge in [-0.2, -0.15) is 5.26 Å². The molecule has 70 valence electrons. The Balaban J connectivity index is 2.75. The van der Waals surface area contributed by atoms with Crippen molar-refractivity contribution in [3.8, 4) is 6.07 Å². The highest BCUT2D eigenvalue weighted by Gasteiger charge is 2.11. The molecular weight excluding hydrogens is 166 g/mol. The van der Waals surface area contributed by atoms with E-state index in [0.29, 0.717) is 0 Å². The molecule has 13 heavy (non-hydrogen) atoms. The van der Waals surface area contributed by atoms with Crippen LogP contribution in [0.3, 0.4) is 0 Å². The smallest absolute Gasteiger partial charge is 0.108 e. The third-order valence-electron chi connectivity index (χ3n) is 1.84. The van der Waals surface area contributed by atoms with Gasteiger partial charge in [-0.25, -0.2) is 4.98 Å². The maximum atomic E-state index is 9.53. The summed E-state index contributed by atoms with van der Waals surface area (Å²) >= 11 is 0. The Morgan fingerprint density at radius 3 is 3.15 bits per heavy atom. The Bertz CT molecular complexity index is 300. The van der Waals surface area contributed by atoms with Gasteiger partial charge >= 0.3 is 0 Å². The van der Waals surface area contributed by atoms with Gasteiger partial charge in [-0.15, -0.1) is 0 Å². The first-order valence-electron chi connectivity index (χ1n) is 4.34. The first-order chi connectivity index (χ1) is 6.29. The first-order valence-corrected chi connectivity index (χ1v) is 4.34. The molecule has 1 aromatic heterocycles. The van der Waals surface area contributed by atoms with E-state index in [4.69, 9.17) is 5.26 Å². The van der Waals surface area contributed by atoms with E-state index in [2.05, 4.69) is 11.9 Å². The van der Waals surface area contributed by atoms with Crippen molar-refractivity contribution in [1.29, 1.82) is 5.26 Å². The quantitative estimate of drug-likeness (QED) is 0.756. The number of rotatable bonds is 4. The van der Waals surface area contributed by atoms with Gasteiger partial charge < -0.3 is 9.67 Å². The normalized spacial score (nSPS) is 12.4. The zero-order chi connectivity index (χ0) is 9.68. The van der Waals surface area contributed by atoms with E-state index in [0.717, 1.165) is 18.7 Å². The standard InChI is InChI=1S/C9H13N3O/c1-2-5-12-7-11-6-8(12)9(13)3-4-10/h6-7,9,13H,2-3,5H2,1H3. The van der Waals surface area contributed by atoms with E-state index >= 15 is 0 Å². The molecule has 0 aliphatic rings. The van der Waals surface area contributed by atoms with Crippen LogP contribution in [0.4, 0.5) is 0 Å². The van der Waals surface area contributed by atoms with Crippen LogP contribution in [-0.4, -0.2) is 14.7 Å². The zero-order valence-electron chi connectivity index (χ0n) is 7.64. The molecule has 0 saturated carbocycles. The Morgan fingerprint density at radius 2 is 2.54 bits per heavy atom. The van der Waals surface area contributed by atoms with E-state index in [1.54, 1.807) is 12.5 Å². The van der Waals surface area contributed by atoms with Crippen LogP contribution in [0.15, 0.2) is 12.5 Å². The molecule has 0 radical (unpaired) electrons. The van der Waals surface area contributed by atoms with Crippen molar-refractivity contribution in [2.24, 2.45) is 0 Å². The van der Waals surface area contributed by atoms with Crippen LogP contribution < -0.4 is 0 Å². The third kappa shape index (κ3) is 2.30. The number of hydrogen-bond acceptors (Lipinski definition) is 3. The molecule has 0 aliphatic carbocycles. The second-order valence-electron chi connectivity index (χ2n) is 2.89. The lowest BCUT2D eigenvalue weighted by molar-refractivity contribution is 0.173. The number of aliphatic hydroxyl groups excluding tert-OH is 1. The van der Waals surface area contributed by atoms with E-state index < -0.39 is 6.10 Å². The highest BCUT2D eigenvalue weighted by Crippen LogP contribution is 2.15. The van der Waals surface area contributed by atoms with Crippen molar-refractivity contribution in [1.82, 2.24) is 9.55 Å². The molecule has 0 bridgehead atoms. The van der Waals surface area contributed by atoms with Crippen molar-refractivity contribution in [3.63, 3.8) is 0 Å². The summed E-state index contributed by atoms with van der Waals surface area (Å²) < 4.78 is 1.88. The van der Waals surface area contributed by atoms with Gasteiger partial charge in [-0.3, -0.25) is 0 Å². The van der Waals surface area contributed by atoms with Crippen molar-refractivity contribution >= 4 is 0 Å². The molecule has 0 aliphatic heterocycles. The summed E-state index contributed by atoms with van der Waals surface area (Å²) in [4.78, 5) is 3.94. The number of imidazole rings is 1. The molecule has 4 nitrogen and oxygen atoms in total. The summed E-state index contributed by atoms with van der Waals surface area (Å²) in [6.45, 7) is 2.89. The molecule has 0 amide bonds. The fourth-order valence-corrected chi connectivity index (χ4v) is 1.23. The van der Waals surface area contributed by atoms with Gasteiger partial charge in [0.2, 0.25) is 0 Å². The maximum Gasteiger partial charge on any atom is 0.108 e. The Labute approximate surface area is 77.4 Å². The van der Waals surface area contributed by atoms with Gasteiger partial charge in [-0.1, -0.05) is 6.92 Å². The lowest BCUT2D eigenvalue weighted by Gasteiger charge is -2.09. The Morgan fingerprint density at radius 1 is 1.77 bits per heavy atom. The predicted molar refractivity (Wildman–Crippen MR) is 47.7 cm³/mol. The summed E-state index contributed by atoms with van der Waals surface area (Å²) in [5.41, 5.74) is 0.725. The molecule has 1 atom stereocenters. The van der Waals surface area contributed by atoms with Crippen LogP contribution in [-0.2, 0) is 6.54 Å². The second kappa shape index (κ2) is 4.63. The lowest BCUT2D eigenvalue weighted by Crippen LogP contribution is -2.06. The topological polar surface area (TPSA) is 61.8 Å². The Hall–Kier alpha value is -1.34. The van der Waals surface area contributed by atoms with Crippen LogP contribution in [0.25, 0.3) is 0 Å². The molecule has 1 unspecified atom stereocenters. The van der Waals surface area contributed by atoms with Crippen molar-refractivity contribution in [2.75, 3.05) is 0 Å². The number of nitriles is 1. The van der Waals surface area contributed by atoms with Crippen LogP contribution in [0.1, 0.15) is 31.6 Å². The molecule has 0 saturated heterocycles. The summed E-state index contributed by atoms with van der Waals surface area (Å²) in [7, 11) is 0. The van der Waals surface area contributed by atoms with Crippen LogP contribution in [0, 0.1) is 11.3 Å². The molecule has 1 aromatic rings. The van der Waals surface area contributed by atoms with Gasteiger partial charge in [-0.05, 0) is 6.42 Å². The third-order valence-corrected chi connectivity index (χ3v) is 1.84.